The van der Waals surface area contributed by atoms with E-state index in [-0.39, 0.29) is 13.4 Å². The number of pyridine rings is 1. The van der Waals surface area contributed by atoms with Crippen molar-refractivity contribution in [1.29, 1.82) is 0 Å². The molecule has 0 fully saturated rings. The Morgan fingerprint density at radius 2 is 2.00 bits per heavy atom. The zero-order valence-corrected chi connectivity index (χ0v) is 16.1. The van der Waals surface area contributed by atoms with E-state index in [1.807, 2.05) is 6.08 Å². The Balaban J connectivity index is 3.47. The smallest absolute Gasteiger partial charge is 0.219 e. The fraction of sp³-hybridized carbons (Fsp3) is 0.588. The van der Waals surface area contributed by atoms with Crippen LogP contribution in [0.4, 0.5) is 0 Å². The minimum atomic E-state index is -1.60. The Morgan fingerprint density at radius 3 is 2.48 bits per heavy atom. The van der Waals surface area contributed by atoms with Gasteiger partial charge in [-0.2, -0.15) is 0 Å². The summed E-state index contributed by atoms with van der Waals surface area (Å²) in [6.45, 7) is 9.40. The number of hydrogen-bond acceptors (Lipinski definition) is 5. The van der Waals surface area contributed by atoms with Gasteiger partial charge < -0.3 is 19.3 Å². The van der Waals surface area contributed by atoms with Gasteiger partial charge in [0.1, 0.15) is 14.9 Å². The Hall–Kier alpha value is -1.21. The van der Waals surface area contributed by atoms with Gasteiger partial charge in [-0.25, -0.2) is 4.98 Å². The third-order valence-electron chi connectivity index (χ3n) is 3.56. The summed E-state index contributed by atoms with van der Waals surface area (Å²) < 4.78 is 16.0. The summed E-state index contributed by atoms with van der Waals surface area (Å²) in [6, 6.07) is 2.13. The molecule has 0 radical (unpaired) electrons. The van der Waals surface area contributed by atoms with E-state index in [2.05, 4.69) is 32.6 Å². The van der Waals surface area contributed by atoms with Crippen LogP contribution in [0.5, 0.6) is 5.88 Å². The molecule has 0 saturated carbocycles. The molecule has 1 aromatic rings. The molecule has 1 heterocycles. The van der Waals surface area contributed by atoms with E-state index >= 15 is 0 Å². The molecule has 0 aliphatic rings. The molecule has 0 aliphatic carbocycles. The topological polar surface area (TPSA) is 60.8 Å². The lowest BCUT2D eigenvalue weighted by molar-refractivity contribution is -0.0396. The Bertz CT molecular complexity index is 538. The lowest BCUT2D eigenvalue weighted by Gasteiger charge is -2.22. The van der Waals surface area contributed by atoms with Gasteiger partial charge in [-0.05, 0) is 23.6 Å². The second kappa shape index (κ2) is 9.17. The van der Waals surface area contributed by atoms with Gasteiger partial charge in [0, 0.05) is 18.0 Å². The number of allylic oxidation sites excluding steroid dienone is 1. The first kappa shape index (κ1) is 19.8. The van der Waals surface area contributed by atoms with E-state index in [0.29, 0.717) is 12.5 Å². The number of aliphatic hydroxyl groups is 1. The first-order chi connectivity index (χ1) is 10.9. The van der Waals surface area contributed by atoms with Crippen molar-refractivity contribution in [2.75, 3.05) is 27.6 Å². The van der Waals surface area contributed by atoms with Crippen LogP contribution < -0.4 is 10.1 Å². The highest BCUT2D eigenvalue weighted by atomic mass is 28.3. The van der Waals surface area contributed by atoms with Crippen LogP contribution in [0.1, 0.15) is 24.5 Å². The van der Waals surface area contributed by atoms with Crippen LogP contribution in [-0.2, 0) is 16.1 Å². The van der Waals surface area contributed by atoms with Crippen LogP contribution in [0, 0.1) is 0 Å². The van der Waals surface area contributed by atoms with Gasteiger partial charge in [0.2, 0.25) is 5.88 Å². The van der Waals surface area contributed by atoms with Crippen molar-refractivity contribution in [3.63, 3.8) is 0 Å². The maximum atomic E-state index is 9.32. The monoisotopic (exact) mass is 339 g/mol. The fourth-order valence-electron chi connectivity index (χ4n) is 2.31. The van der Waals surface area contributed by atoms with Crippen LogP contribution in [-0.4, -0.2) is 45.8 Å². The summed E-state index contributed by atoms with van der Waals surface area (Å²) in [4.78, 5) is 4.71. The van der Waals surface area contributed by atoms with Gasteiger partial charge in [0.05, 0.1) is 20.3 Å². The third kappa shape index (κ3) is 5.42. The summed E-state index contributed by atoms with van der Waals surface area (Å²) in [7, 11) is 1.62. The molecule has 130 valence electrons. The second-order valence-electron chi connectivity index (χ2n) is 6.31. The first-order valence-corrected chi connectivity index (χ1v) is 11.3. The fourth-order valence-corrected chi connectivity index (χ4v) is 3.32. The number of nitrogens with zero attached hydrogens (tertiary/aromatic N) is 1. The average Bonchev–Trinajstić information content (AvgIpc) is 2.51. The average molecular weight is 340 g/mol. The van der Waals surface area contributed by atoms with E-state index in [0.717, 1.165) is 28.4 Å². The Kier molecular flexibility index (Phi) is 7.91. The number of aromatic nitrogens is 1. The van der Waals surface area contributed by atoms with Crippen molar-refractivity contribution in [1.82, 2.24) is 4.98 Å². The molecule has 0 aliphatic heterocycles. The molecule has 1 N–H and O–H groups in total. The van der Waals surface area contributed by atoms with Crippen LogP contribution in [0.2, 0.25) is 19.6 Å². The summed E-state index contributed by atoms with van der Waals surface area (Å²) in [5.74, 6) is 0.591. The molecule has 0 spiro atoms. The maximum absolute atomic E-state index is 9.32. The molecular formula is C17H29NO4Si. The van der Waals surface area contributed by atoms with Crippen molar-refractivity contribution in [2.45, 2.75) is 39.6 Å². The van der Waals surface area contributed by atoms with E-state index < -0.39 is 8.07 Å². The number of ether oxygens (including phenoxy) is 3. The molecular weight excluding hydrogens is 310 g/mol. The normalized spacial score (nSPS) is 12.6. The Labute approximate surface area is 140 Å². The van der Waals surface area contributed by atoms with Crippen LogP contribution in [0.25, 0.3) is 5.57 Å². The highest BCUT2D eigenvalue weighted by Crippen LogP contribution is 2.28. The molecule has 0 saturated heterocycles. The molecule has 0 amide bonds. The SMILES string of the molecule is CCC(=CCO)c1cc([Si](C)(C)C)nc(OC)c1COCOC. The van der Waals surface area contributed by atoms with Crippen molar-refractivity contribution in [3.8, 4) is 5.88 Å². The summed E-state index contributed by atoms with van der Waals surface area (Å²) in [5, 5.41) is 10.4. The Morgan fingerprint density at radius 1 is 1.30 bits per heavy atom. The van der Waals surface area contributed by atoms with Gasteiger partial charge >= 0.3 is 0 Å². The first-order valence-electron chi connectivity index (χ1n) is 7.84. The third-order valence-corrected chi connectivity index (χ3v) is 5.35. The quantitative estimate of drug-likeness (QED) is 0.426. The molecule has 1 rings (SSSR count). The molecule has 5 nitrogen and oxygen atoms in total. The molecule has 0 aromatic carbocycles. The van der Waals surface area contributed by atoms with E-state index in [1.165, 1.54) is 0 Å². The zero-order valence-electron chi connectivity index (χ0n) is 15.1. The number of methoxy groups -OCH3 is 2. The molecule has 0 bridgehead atoms. The van der Waals surface area contributed by atoms with E-state index in [4.69, 9.17) is 19.2 Å². The summed E-state index contributed by atoms with van der Waals surface area (Å²) in [6.07, 6.45) is 2.65. The maximum Gasteiger partial charge on any atom is 0.219 e. The van der Waals surface area contributed by atoms with Gasteiger partial charge in [-0.3, -0.25) is 0 Å². The molecule has 6 heteroatoms. The predicted octanol–water partition coefficient (Wildman–Crippen LogP) is 2.54. The largest absolute Gasteiger partial charge is 0.481 e. The standard InChI is InChI=1S/C17H29NO4Si/c1-7-13(8-9-19)14-10-16(23(4,5)6)18-17(21-3)15(14)11-22-12-20-2/h8,10,19H,7,9,11-12H2,1-6H3. The van der Waals surface area contributed by atoms with Crippen LogP contribution in [0.15, 0.2) is 12.1 Å². The summed E-state index contributed by atoms with van der Waals surface area (Å²) in [5.41, 5.74) is 3.01. The highest BCUT2D eigenvalue weighted by molar-refractivity contribution is 6.88. The van der Waals surface area contributed by atoms with E-state index in [1.54, 1.807) is 14.2 Å². The van der Waals surface area contributed by atoms with Crippen molar-refractivity contribution < 1.29 is 19.3 Å². The van der Waals surface area contributed by atoms with Crippen molar-refractivity contribution in [3.05, 3.63) is 23.3 Å². The van der Waals surface area contributed by atoms with Crippen molar-refractivity contribution in [2.24, 2.45) is 0 Å². The lowest BCUT2D eigenvalue weighted by Crippen LogP contribution is -2.40. The molecule has 1 aromatic heterocycles. The highest BCUT2D eigenvalue weighted by Gasteiger charge is 2.24. The summed E-state index contributed by atoms with van der Waals surface area (Å²) >= 11 is 0. The lowest BCUT2D eigenvalue weighted by atomic mass is 9.99. The number of rotatable bonds is 9. The molecule has 0 unspecified atom stereocenters. The number of hydrogen-bond donors (Lipinski definition) is 1. The van der Waals surface area contributed by atoms with E-state index in [9.17, 15) is 5.11 Å². The minimum Gasteiger partial charge on any atom is -0.481 e. The van der Waals surface area contributed by atoms with Gasteiger partial charge in [-0.15, -0.1) is 0 Å². The van der Waals surface area contributed by atoms with Gasteiger partial charge in [0.25, 0.3) is 0 Å². The predicted molar refractivity (Wildman–Crippen MR) is 95.8 cm³/mol. The van der Waals surface area contributed by atoms with Crippen molar-refractivity contribution >= 4 is 19.0 Å². The second-order valence-corrected chi connectivity index (χ2v) is 11.3. The minimum absolute atomic E-state index is 0.00839. The number of aliphatic hydroxyl groups excluding tert-OH is 1. The van der Waals surface area contributed by atoms with Crippen LogP contribution in [0.3, 0.4) is 0 Å². The van der Waals surface area contributed by atoms with Gasteiger partial charge in [-0.1, -0.05) is 32.6 Å². The van der Waals surface area contributed by atoms with Gasteiger partial charge in [0.15, 0.2) is 0 Å². The molecule has 0 atom stereocenters. The zero-order chi connectivity index (χ0) is 17.5. The van der Waals surface area contributed by atoms with Crippen LogP contribution >= 0.6 is 0 Å². The molecule has 23 heavy (non-hydrogen) atoms.